The maximum Gasteiger partial charge on any atom is 0.257 e. The Balaban J connectivity index is 0.000000201. The number of halogens is 4. The van der Waals surface area contributed by atoms with Crippen molar-refractivity contribution in [3.8, 4) is 45.6 Å². The van der Waals surface area contributed by atoms with E-state index in [1.165, 1.54) is 52.7 Å². The molecule has 0 bridgehead atoms. The van der Waals surface area contributed by atoms with Crippen LogP contribution in [-0.4, -0.2) is 38.4 Å². The second-order valence-electron chi connectivity index (χ2n) is 7.09. The number of pyridine rings is 2. The molecule has 0 aliphatic heterocycles. The SMILES string of the molecule is COc1cc(-c2cccc(F)c2)c(Br)nc1OC.COc1cc(Br)c(-c2cccc(F)c2)nc1OC. The molecule has 0 unspecified atom stereocenters. The molecular weight excluding hydrogens is 602 g/mol. The maximum atomic E-state index is 13.2. The van der Waals surface area contributed by atoms with Gasteiger partial charge < -0.3 is 18.9 Å². The number of benzene rings is 2. The second kappa shape index (κ2) is 12.6. The van der Waals surface area contributed by atoms with Gasteiger partial charge in [0.1, 0.15) is 16.2 Å². The first kappa shape index (κ1) is 27.3. The summed E-state index contributed by atoms with van der Waals surface area (Å²) in [7, 11) is 6.09. The minimum absolute atomic E-state index is 0.297. The molecule has 2 heterocycles. The van der Waals surface area contributed by atoms with Gasteiger partial charge in [-0.1, -0.05) is 24.3 Å². The summed E-state index contributed by atoms with van der Waals surface area (Å²) in [6, 6.07) is 16.0. The molecule has 0 aliphatic rings. The van der Waals surface area contributed by atoms with Crippen LogP contribution in [-0.2, 0) is 0 Å². The molecule has 0 fully saturated rings. The van der Waals surface area contributed by atoms with Crippen LogP contribution in [0.3, 0.4) is 0 Å². The predicted molar refractivity (Wildman–Crippen MR) is 141 cm³/mol. The van der Waals surface area contributed by atoms with E-state index >= 15 is 0 Å². The summed E-state index contributed by atoms with van der Waals surface area (Å²) in [6.07, 6.45) is 0. The van der Waals surface area contributed by atoms with E-state index in [2.05, 4.69) is 41.8 Å². The van der Waals surface area contributed by atoms with Crippen LogP contribution in [0, 0.1) is 11.6 Å². The fourth-order valence-electron chi connectivity index (χ4n) is 3.19. The Morgan fingerprint density at radius 3 is 1.72 bits per heavy atom. The Hall–Kier alpha value is -3.24. The number of ether oxygens (including phenoxy) is 4. The van der Waals surface area contributed by atoms with Crippen molar-refractivity contribution in [1.29, 1.82) is 0 Å². The first-order chi connectivity index (χ1) is 17.3. The van der Waals surface area contributed by atoms with Crippen molar-refractivity contribution < 1.29 is 27.7 Å². The molecule has 6 nitrogen and oxygen atoms in total. The van der Waals surface area contributed by atoms with Crippen molar-refractivity contribution in [3.05, 3.63) is 81.4 Å². The molecule has 0 saturated heterocycles. The summed E-state index contributed by atoms with van der Waals surface area (Å²) in [4.78, 5) is 8.53. The average Bonchev–Trinajstić information content (AvgIpc) is 2.88. The van der Waals surface area contributed by atoms with E-state index in [4.69, 9.17) is 18.9 Å². The Kier molecular flexibility index (Phi) is 9.60. The molecule has 0 saturated carbocycles. The summed E-state index contributed by atoms with van der Waals surface area (Å²) in [5, 5.41) is 0. The normalized spacial score (nSPS) is 10.2. The third-order valence-electron chi connectivity index (χ3n) is 4.88. The molecule has 36 heavy (non-hydrogen) atoms. The van der Waals surface area contributed by atoms with Gasteiger partial charge in [-0.2, -0.15) is 0 Å². The first-order valence-corrected chi connectivity index (χ1v) is 12.0. The zero-order valence-electron chi connectivity index (χ0n) is 19.8. The molecule has 10 heteroatoms. The van der Waals surface area contributed by atoms with E-state index in [1.54, 1.807) is 36.4 Å². The Labute approximate surface area is 224 Å². The van der Waals surface area contributed by atoms with Gasteiger partial charge in [-0.3, -0.25) is 0 Å². The van der Waals surface area contributed by atoms with Gasteiger partial charge in [-0.25, -0.2) is 18.7 Å². The number of hydrogen-bond donors (Lipinski definition) is 0. The van der Waals surface area contributed by atoms with Crippen LogP contribution in [0.1, 0.15) is 0 Å². The molecule has 0 aliphatic carbocycles. The van der Waals surface area contributed by atoms with Gasteiger partial charge >= 0.3 is 0 Å². The summed E-state index contributed by atoms with van der Waals surface area (Å²) in [5.41, 5.74) is 2.73. The number of hydrogen-bond acceptors (Lipinski definition) is 6. The molecule has 0 amide bonds. The van der Waals surface area contributed by atoms with E-state index in [0.29, 0.717) is 43.6 Å². The van der Waals surface area contributed by atoms with E-state index < -0.39 is 0 Å². The highest BCUT2D eigenvalue weighted by Gasteiger charge is 2.14. The van der Waals surface area contributed by atoms with Crippen LogP contribution >= 0.6 is 31.9 Å². The lowest BCUT2D eigenvalue weighted by atomic mass is 10.1. The van der Waals surface area contributed by atoms with E-state index in [9.17, 15) is 8.78 Å². The van der Waals surface area contributed by atoms with Gasteiger partial charge in [0.25, 0.3) is 11.8 Å². The standard InChI is InChI=1S/2C13H11BrFNO2/c1-17-11-7-10(14)12(16-13(11)18-2)8-4-3-5-9(15)6-8;1-17-11-7-10(12(14)16-13(11)18-2)8-4-3-5-9(15)6-8/h2*3-7H,1-2H3. The maximum absolute atomic E-state index is 13.2. The zero-order chi connectivity index (χ0) is 26.2. The Morgan fingerprint density at radius 2 is 1.17 bits per heavy atom. The number of methoxy groups -OCH3 is 4. The van der Waals surface area contributed by atoms with Crippen LogP contribution in [0.25, 0.3) is 22.4 Å². The topological polar surface area (TPSA) is 62.7 Å². The molecule has 4 rings (SSSR count). The van der Waals surface area contributed by atoms with Gasteiger partial charge in [0.15, 0.2) is 11.5 Å². The lowest BCUT2D eigenvalue weighted by Crippen LogP contribution is -1.96. The number of rotatable bonds is 6. The number of aromatic nitrogens is 2. The minimum Gasteiger partial charge on any atom is -0.491 e. The van der Waals surface area contributed by atoms with E-state index in [0.717, 1.165) is 11.1 Å². The van der Waals surface area contributed by atoms with Gasteiger partial charge in [-0.15, -0.1) is 0 Å². The third kappa shape index (κ3) is 6.50. The van der Waals surface area contributed by atoms with Crippen LogP contribution in [0.2, 0.25) is 0 Å². The molecular formula is C26H22Br2F2N2O4. The second-order valence-corrected chi connectivity index (χ2v) is 8.69. The molecule has 0 N–H and O–H groups in total. The van der Waals surface area contributed by atoms with Crippen molar-refractivity contribution in [2.75, 3.05) is 28.4 Å². The summed E-state index contributed by atoms with van der Waals surface area (Å²) >= 11 is 6.74. The monoisotopic (exact) mass is 622 g/mol. The average molecular weight is 624 g/mol. The van der Waals surface area contributed by atoms with E-state index in [1.807, 2.05) is 0 Å². The molecule has 0 radical (unpaired) electrons. The lowest BCUT2D eigenvalue weighted by Gasteiger charge is -2.10. The van der Waals surface area contributed by atoms with E-state index in [-0.39, 0.29) is 11.6 Å². The summed E-state index contributed by atoms with van der Waals surface area (Å²) < 4.78 is 48.3. The third-order valence-corrected chi connectivity index (χ3v) is 6.09. The smallest absolute Gasteiger partial charge is 0.257 e. The lowest BCUT2D eigenvalue weighted by molar-refractivity contribution is 0.342. The Bertz CT molecular complexity index is 1250. The van der Waals surface area contributed by atoms with Crippen LogP contribution in [0.4, 0.5) is 8.78 Å². The molecule has 188 valence electrons. The van der Waals surface area contributed by atoms with Crippen molar-refractivity contribution in [2.45, 2.75) is 0 Å². The molecule has 2 aromatic heterocycles. The minimum atomic E-state index is -0.309. The molecule has 2 aromatic carbocycles. The van der Waals surface area contributed by atoms with Crippen LogP contribution < -0.4 is 18.9 Å². The predicted octanol–water partition coefficient (Wildman–Crippen LogP) is 7.33. The van der Waals surface area contributed by atoms with Gasteiger partial charge in [0.05, 0.1) is 34.1 Å². The van der Waals surface area contributed by atoms with Crippen molar-refractivity contribution in [3.63, 3.8) is 0 Å². The highest BCUT2D eigenvalue weighted by atomic mass is 79.9. The fourth-order valence-corrected chi connectivity index (χ4v) is 4.22. The van der Waals surface area contributed by atoms with Crippen molar-refractivity contribution in [1.82, 2.24) is 9.97 Å². The fraction of sp³-hybridized carbons (Fsp3) is 0.154. The van der Waals surface area contributed by atoms with Gasteiger partial charge in [0, 0.05) is 21.7 Å². The van der Waals surface area contributed by atoms with Gasteiger partial charge in [-0.05, 0) is 67.8 Å². The summed E-state index contributed by atoms with van der Waals surface area (Å²) in [5.74, 6) is 1.15. The van der Waals surface area contributed by atoms with Crippen LogP contribution in [0.5, 0.6) is 23.3 Å². The number of nitrogens with zero attached hydrogens (tertiary/aromatic N) is 2. The molecule has 4 aromatic rings. The van der Waals surface area contributed by atoms with Crippen molar-refractivity contribution >= 4 is 31.9 Å². The van der Waals surface area contributed by atoms with Crippen molar-refractivity contribution in [2.24, 2.45) is 0 Å². The Morgan fingerprint density at radius 1 is 0.639 bits per heavy atom. The zero-order valence-corrected chi connectivity index (χ0v) is 23.0. The first-order valence-electron chi connectivity index (χ1n) is 10.4. The summed E-state index contributed by atoms with van der Waals surface area (Å²) in [6.45, 7) is 0. The molecule has 0 atom stereocenters. The largest absolute Gasteiger partial charge is 0.491 e. The molecule has 0 spiro atoms. The van der Waals surface area contributed by atoms with Crippen LogP contribution in [0.15, 0.2) is 69.7 Å². The van der Waals surface area contributed by atoms with Gasteiger partial charge in [0.2, 0.25) is 0 Å². The quantitative estimate of drug-likeness (QED) is 0.210. The highest BCUT2D eigenvalue weighted by molar-refractivity contribution is 9.10. The highest BCUT2D eigenvalue weighted by Crippen LogP contribution is 2.36.